The number of pyridine rings is 2. The number of rotatable bonds is 16. The number of anilines is 2. The molecular formula is C58H52N6O4+2. The fraction of sp³-hybridized carbons (Fsp3) is 0.138. The van der Waals surface area contributed by atoms with Gasteiger partial charge in [0.15, 0.2) is 30.6 Å². The molecule has 0 spiro atoms. The summed E-state index contributed by atoms with van der Waals surface area (Å²) in [6, 6.07) is 50.5. The number of ketones is 2. The number of para-hydroxylation sites is 2. The Balaban J connectivity index is 1.07. The van der Waals surface area contributed by atoms with E-state index < -0.39 is 0 Å². The number of Topliss-reactive ketones (excluding diaryl/α,β-unsaturated/α-hetero) is 2. The van der Waals surface area contributed by atoms with Crippen molar-refractivity contribution in [2.24, 2.45) is 9.98 Å². The molecule has 0 radical (unpaired) electrons. The Bertz CT molecular complexity index is 3180. The molecule has 2 N–H and O–H groups in total. The van der Waals surface area contributed by atoms with Gasteiger partial charge < -0.3 is 20.1 Å². The highest BCUT2D eigenvalue weighted by molar-refractivity contribution is 6.50. The number of benzene rings is 6. The average Bonchev–Trinajstić information content (AvgIpc) is 3.38. The third kappa shape index (κ3) is 11.3. The molecule has 10 nitrogen and oxygen atoms in total. The second kappa shape index (κ2) is 22.1. The van der Waals surface area contributed by atoms with Crippen LogP contribution in [0, 0.1) is 0 Å². The summed E-state index contributed by atoms with van der Waals surface area (Å²) in [4.78, 5) is 39.7. The molecule has 0 bridgehead atoms. The lowest BCUT2D eigenvalue weighted by molar-refractivity contribution is -0.697. The first-order valence-corrected chi connectivity index (χ1v) is 23.1. The zero-order chi connectivity index (χ0) is 46.3. The van der Waals surface area contributed by atoms with Crippen LogP contribution in [0.4, 0.5) is 22.7 Å². The zero-order valence-corrected chi connectivity index (χ0v) is 37.7. The topological polar surface area (TPSA) is 109 Å². The zero-order valence-electron chi connectivity index (χ0n) is 37.7. The van der Waals surface area contributed by atoms with E-state index >= 15 is 0 Å². The summed E-state index contributed by atoms with van der Waals surface area (Å²) >= 11 is 0. The van der Waals surface area contributed by atoms with Crippen molar-refractivity contribution in [3.05, 3.63) is 218 Å². The predicted octanol–water partition coefficient (Wildman–Crippen LogP) is 11.8. The van der Waals surface area contributed by atoms with Crippen molar-refractivity contribution in [2.75, 3.05) is 23.8 Å². The number of aryl methyl sites for hydroxylation is 2. The molecule has 1 aliphatic rings. The van der Waals surface area contributed by atoms with Crippen LogP contribution in [0.3, 0.4) is 0 Å². The Labute approximate surface area is 396 Å². The quantitative estimate of drug-likeness (QED) is 0.0568. The lowest BCUT2D eigenvalue weighted by Gasteiger charge is -2.15. The van der Waals surface area contributed by atoms with E-state index in [-0.39, 0.29) is 22.9 Å². The van der Waals surface area contributed by atoms with Crippen molar-refractivity contribution in [1.29, 1.82) is 0 Å². The predicted molar refractivity (Wildman–Crippen MR) is 272 cm³/mol. The Kier molecular flexibility index (Phi) is 14.5. The molecular weight excluding hydrogens is 845 g/mol. The molecule has 68 heavy (non-hydrogen) atoms. The van der Waals surface area contributed by atoms with Crippen LogP contribution in [0.1, 0.15) is 46.4 Å². The van der Waals surface area contributed by atoms with Gasteiger partial charge in [-0.15, -0.1) is 0 Å². The Morgan fingerprint density at radius 3 is 1.56 bits per heavy atom. The van der Waals surface area contributed by atoms with E-state index in [9.17, 15) is 9.59 Å². The Morgan fingerprint density at radius 1 is 0.500 bits per heavy atom. The molecule has 1 aliphatic heterocycles. The van der Waals surface area contributed by atoms with E-state index in [1.807, 2.05) is 146 Å². The number of aliphatic imine (C=N–C) groups is 2. The highest BCUT2D eigenvalue weighted by atomic mass is 16.5. The van der Waals surface area contributed by atoms with Crippen molar-refractivity contribution in [1.82, 2.24) is 0 Å². The first kappa shape index (κ1) is 44.7. The first-order chi connectivity index (χ1) is 33.6. The highest BCUT2D eigenvalue weighted by Gasteiger charge is 2.20. The van der Waals surface area contributed by atoms with Gasteiger partial charge in [-0.3, -0.25) is 14.6 Å². The molecule has 2 aromatic heterocycles. The van der Waals surface area contributed by atoms with Gasteiger partial charge in [-0.2, -0.15) is 0 Å². The number of nitrogens with one attached hydrogen (secondary N) is 2. The van der Waals surface area contributed by atoms with Gasteiger partial charge >= 0.3 is 0 Å². The second-order valence-corrected chi connectivity index (χ2v) is 16.4. The highest BCUT2D eigenvalue weighted by Crippen LogP contribution is 2.35. The third-order valence-electron chi connectivity index (χ3n) is 11.6. The minimum absolute atomic E-state index is 0.161. The fourth-order valence-corrected chi connectivity index (χ4v) is 8.03. The molecule has 6 aromatic carbocycles. The summed E-state index contributed by atoms with van der Waals surface area (Å²) in [6.45, 7) is 2.64. The van der Waals surface area contributed by atoms with Gasteiger partial charge in [0.05, 0.1) is 52.7 Å². The number of fused-ring (bicyclic) bond motifs is 4. The van der Waals surface area contributed by atoms with E-state index in [1.54, 1.807) is 36.8 Å². The summed E-state index contributed by atoms with van der Waals surface area (Å²) < 4.78 is 16.9. The Morgan fingerprint density at radius 2 is 0.985 bits per heavy atom. The van der Waals surface area contributed by atoms with E-state index in [0.717, 1.165) is 60.3 Å². The van der Waals surface area contributed by atoms with Crippen LogP contribution in [0.5, 0.6) is 11.5 Å². The van der Waals surface area contributed by atoms with Crippen molar-refractivity contribution in [3.8, 4) is 11.5 Å². The van der Waals surface area contributed by atoms with Gasteiger partial charge in [-0.05, 0) is 89.0 Å². The van der Waals surface area contributed by atoms with Crippen molar-refractivity contribution in [3.63, 3.8) is 0 Å². The monoisotopic (exact) mass is 896 g/mol. The van der Waals surface area contributed by atoms with Crippen LogP contribution in [0.2, 0.25) is 0 Å². The SMILES string of the molecule is O=C(C1=CNc2cc3ccccc3cc2NC=CC(C(=O)c2ccccc2OCCCC[n+]2ccccc2)=Nc2cc3ccccc3cc2N=C1)c1ccccc1OCCCC[n+]1ccccc1. The molecule has 0 aliphatic carbocycles. The van der Waals surface area contributed by atoms with Gasteiger partial charge in [-0.25, -0.2) is 14.1 Å². The number of hydrogen-bond donors (Lipinski definition) is 2. The summed E-state index contributed by atoms with van der Waals surface area (Å²) in [7, 11) is 0. The number of allylic oxidation sites excluding steroid dienone is 2. The Hall–Kier alpha value is -8.50. The largest absolute Gasteiger partial charge is 0.493 e. The van der Waals surface area contributed by atoms with Crippen LogP contribution in [-0.4, -0.2) is 36.7 Å². The molecule has 0 saturated carbocycles. The average molecular weight is 897 g/mol. The van der Waals surface area contributed by atoms with Gasteiger partial charge in [0.2, 0.25) is 5.78 Å². The summed E-state index contributed by atoms with van der Waals surface area (Å²) in [5.74, 6) is 0.369. The van der Waals surface area contributed by atoms with Crippen molar-refractivity contribution in [2.45, 2.75) is 38.8 Å². The molecule has 0 saturated heterocycles. The summed E-state index contributed by atoms with van der Waals surface area (Å²) in [5, 5.41) is 10.7. The van der Waals surface area contributed by atoms with Gasteiger partial charge in [0, 0.05) is 55.7 Å². The molecule has 0 unspecified atom stereocenters. The minimum Gasteiger partial charge on any atom is -0.493 e. The van der Waals surface area contributed by atoms with E-state index in [0.29, 0.717) is 58.6 Å². The number of carbonyl (C=O) groups excluding carboxylic acids is 2. The van der Waals surface area contributed by atoms with Gasteiger partial charge in [-0.1, -0.05) is 84.9 Å². The maximum atomic E-state index is 14.8. The molecule has 0 atom stereocenters. The van der Waals surface area contributed by atoms with Crippen LogP contribution in [0.25, 0.3) is 21.5 Å². The number of ether oxygens (including phenoxy) is 2. The minimum atomic E-state index is -0.322. The van der Waals surface area contributed by atoms with Crippen molar-refractivity contribution < 1.29 is 28.2 Å². The van der Waals surface area contributed by atoms with Crippen LogP contribution >= 0.6 is 0 Å². The summed E-state index contributed by atoms with van der Waals surface area (Å²) in [6.07, 6.45) is 18.3. The molecule has 3 heterocycles. The van der Waals surface area contributed by atoms with E-state index in [1.165, 1.54) is 0 Å². The molecule has 9 rings (SSSR count). The number of carbonyl (C=O) groups is 2. The first-order valence-electron chi connectivity index (χ1n) is 23.1. The number of hydrogen-bond acceptors (Lipinski definition) is 8. The van der Waals surface area contributed by atoms with Crippen LogP contribution < -0.4 is 29.2 Å². The van der Waals surface area contributed by atoms with E-state index in [4.69, 9.17) is 19.5 Å². The molecule has 0 amide bonds. The maximum Gasteiger partial charge on any atom is 0.215 e. The van der Waals surface area contributed by atoms with E-state index in [2.05, 4.69) is 44.6 Å². The third-order valence-corrected chi connectivity index (χ3v) is 11.6. The number of aromatic nitrogens is 2. The molecule has 8 aromatic rings. The smallest absolute Gasteiger partial charge is 0.215 e. The lowest BCUT2D eigenvalue weighted by Crippen LogP contribution is -2.32. The molecule has 10 heteroatoms. The molecule has 0 fully saturated rings. The van der Waals surface area contributed by atoms with Gasteiger partial charge in [0.1, 0.15) is 30.3 Å². The van der Waals surface area contributed by atoms with Crippen LogP contribution in [-0.2, 0) is 13.1 Å². The van der Waals surface area contributed by atoms with Gasteiger partial charge in [0.25, 0.3) is 0 Å². The number of nitrogens with zero attached hydrogens (tertiary/aromatic N) is 4. The second-order valence-electron chi connectivity index (χ2n) is 16.4. The maximum absolute atomic E-state index is 14.8. The number of unbranched alkanes of at least 4 members (excludes halogenated alkanes) is 2. The van der Waals surface area contributed by atoms with Crippen molar-refractivity contribution >= 4 is 67.8 Å². The summed E-state index contributed by atoms with van der Waals surface area (Å²) in [5.41, 5.74) is 3.57. The fourth-order valence-electron chi connectivity index (χ4n) is 8.03. The van der Waals surface area contributed by atoms with Crippen LogP contribution in [0.15, 0.2) is 217 Å². The normalized spacial score (nSPS) is 12.4. The lowest BCUT2D eigenvalue weighted by atomic mass is 10.0. The standard InChI is InChI=1S/C58H51N6O4/c65-57(48-23-7-9-25-55(48)67-35-17-15-33-63-29-11-1-12-30-63)47-41-60-52-38-44-20-4-3-19-43(44)37-51(52)59-28-27-50(62-54-40-46-22-6-5-21-45(46)39-53(54)61-42-47)58(66)49-24-8-10-26-56(49)68-36-18-16-34-64-31-13-2-14-32-64/h1-14,19-32,37-42H,15-18,33-36H2,(H-,59,60,61,62,65,66)/q+1/p+1. The molecule has 336 valence electrons.